The molecule has 0 fully saturated rings. The Kier molecular flexibility index (Phi) is 5.19. The number of aryl methyl sites for hydroxylation is 1. The van der Waals surface area contributed by atoms with Crippen molar-refractivity contribution in [2.45, 2.75) is 26.8 Å². The van der Waals surface area contributed by atoms with Gasteiger partial charge in [-0.2, -0.15) is 5.26 Å². The van der Waals surface area contributed by atoms with E-state index in [4.69, 9.17) is 10.00 Å². The number of rotatable bonds is 5. The quantitative estimate of drug-likeness (QED) is 0.864. The lowest BCUT2D eigenvalue weighted by Crippen LogP contribution is -2.40. The zero-order valence-electron chi connectivity index (χ0n) is 10.9. The lowest BCUT2D eigenvalue weighted by Gasteiger charge is -2.15. The summed E-state index contributed by atoms with van der Waals surface area (Å²) in [4.78, 5) is 11.6. The Morgan fingerprint density at radius 3 is 2.50 bits per heavy atom. The molecule has 18 heavy (non-hydrogen) atoms. The van der Waals surface area contributed by atoms with Crippen LogP contribution >= 0.6 is 0 Å². The molecule has 1 aromatic carbocycles. The molecular formula is C14H18N2O2. The van der Waals surface area contributed by atoms with Crippen molar-refractivity contribution < 1.29 is 9.53 Å². The van der Waals surface area contributed by atoms with Gasteiger partial charge in [-0.25, -0.2) is 0 Å². The zero-order valence-corrected chi connectivity index (χ0v) is 10.9. The van der Waals surface area contributed by atoms with E-state index in [1.807, 2.05) is 45.0 Å². The summed E-state index contributed by atoms with van der Waals surface area (Å²) < 4.78 is 5.33. The molecule has 0 spiro atoms. The fourth-order valence-electron chi connectivity index (χ4n) is 1.35. The largest absolute Gasteiger partial charge is 0.484 e. The van der Waals surface area contributed by atoms with Crippen molar-refractivity contribution in [2.75, 3.05) is 6.61 Å². The summed E-state index contributed by atoms with van der Waals surface area (Å²) in [6.45, 7) is 5.68. The van der Waals surface area contributed by atoms with Gasteiger partial charge in [-0.3, -0.25) is 4.79 Å². The molecule has 0 saturated heterocycles. The summed E-state index contributed by atoms with van der Waals surface area (Å²) in [5.74, 6) is 0.447. The average Bonchev–Trinajstić information content (AvgIpc) is 2.35. The Bertz CT molecular complexity index is 432. The van der Waals surface area contributed by atoms with Crippen molar-refractivity contribution in [3.63, 3.8) is 0 Å². The number of ether oxygens (including phenoxy) is 1. The first-order chi connectivity index (χ1) is 8.52. The van der Waals surface area contributed by atoms with Crippen LogP contribution in [0.25, 0.3) is 0 Å². The van der Waals surface area contributed by atoms with E-state index >= 15 is 0 Å². The molecule has 0 heterocycles. The number of nitriles is 1. The summed E-state index contributed by atoms with van der Waals surface area (Å²) in [5, 5.41) is 11.5. The topological polar surface area (TPSA) is 62.1 Å². The highest BCUT2D eigenvalue weighted by molar-refractivity contribution is 5.78. The molecule has 1 atom stereocenters. The highest BCUT2D eigenvalue weighted by Gasteiger charge is 2.15. The number of carbonyl (C=O) groups is 1. The minimum absolute atomic E-state index is 0.0754. The van der Waals surface area contributed by atoms with Crippen LogP contribution in [-0.2, 0) is 4.79 Å². The van der Waals surface area contributed by atoms with Crippen molar-refractivity contribution in [1.82, 2.24) is 5.32 Å². The third kappa shape index (κ3) is 4.46. The summed E-state index contributed by atoms with van der Waals surface area (Å²) in [7, 11) is 0. The van der Waals surface area contributed by atoms with Crippen LogP contribution in [0.3, 0.4) is 0 Å². The molecule has 1 N–H and O–H groups in total. The minimum Gasteiger partial charge on any atom is -0.484 e. The molecule has 1 amide bonds. The zero-order chi connectivity index (χ0) is 13.5. The first-order valence-electron chi connectivity index (χ1n) is 5.91. The number of carbonyl (C=O) groups excluding carboxylic acids is 1. The van der Waals surface area contributed by atoms with E-state index in [1.165, 1.54) is 0 Å². The van der Waals surface area contributed by atoms with Gasteiger partial charge in [-0.05, 0) is 25.0 Å². The minimum atomic E-state index is -0.473. The summed E-state index contributed by atoms with van der Waals surface area (Å²) >= 11 is 0. The van der Waals surface area contributed by atoms with Crippen molar-refractivity contribution in [1.29, 1.82) is 5.26 Å². The second kappa shape index (κ2) is 6.65. The summed E-state index contributed by atoms with van der Waals surface area (Å²) in [6, 6.07) is 9.03. The maximum Gasteiger partial charge on any atom is 0.258 e. The highest BCUT2D eigenvalue weighted by atomic mass is 16.5. The summed E-state index contributed by atoms with van der Waals surface area (Å²) in [6.07, 6.45) is 0. The van der Waals surface area contributed by atoms with Crippen molar-refractivity contribution in [3.8, 4) is 11.8 Å². The maximum atomic E-state index is 11.6. The van der Waals surface area contributed by atoms with Gasteiger partial charge in [-0.15, -0.1) is 0 Å². The number of benzene rings is 1. The van der Waals surface area contributed by atoms with Crippen molar-refractivity contribution in [3.05, 3.63) is 29.8 Å². The van der Waals surface area contributed by atoms with Gasteiger partial charge in [0.1, 0.15) is 11.8 Å². The molecule has 0 aliphatic carbocycles. The molecule has 0 saturated carbocycles. The van der Waals surface area contributed by atoms with Crippen LogP contribution in [0.5, 0.6) is 5.75 Å². The van der Waals surface area contributed by atoms with Gasteiger partial charge in [0.2, 0.25) is 0 Å². The van der Waals surface area contributed by atoms with Crippen LogP contribution < -0.4 is 10.1 Å². The number of hydrogen-bond acceptors (Lipinski definition) is 3. The fraction of sp³-hybridized carbons (Fsp3) is 0.429. The smallest absolute Gasteiger partial charge is 0.258 e. The third-order valence-electron chi connectivity index (χ3n) is 2.51. The number of nitrogens with zero attached hydrogens (tertiary/aromatic N) is 1. The Morgan fingerprint density at radius 1 is 1.39 bits per heavy atom. The highest BCUT2D eigenvalue weighted by Crippen LogP contribution is 2.11. The maximum absolute atomic E-state index is 11.6. The van der Waals surface area contributed by atoms with Gasteiger partial charge in [0.05, 0.1) is 6.07 Å². The van der Waals surface area contributed by atoms with E-state index < -0.39 is 6.04 Å². The predicted molar refractivity (Wildman–Crippen MR) is 69.1 cm³/mol. The molecule has 96 valence electrons. The normalized spacial score (nSPS) is 11.7. The Morgan fingerprint density at radius 2 is 2.00 bits per heavy atom. The second-order valence-electron chi connectivity index (χ2n) is 4.52. The Hall–Kier alpha value is -2.02. The van der Waals surface area contributed by atoms with Crippen LogP contribution in [0.15, 0.2) is 24.3 Å². The molecule has 1 aromatic rings. The van der Waals surface area contributed by atoms with Crippen LogP contribution in [0, 0.1) is 24.2 Å². The van der Waals surface area contributed by atoms with Gasteiger partial charge < -0.3 is 10.1 Å². The molecular weight excluding hydrogens is 228 g/mol. The molecule has 0 aromatic heterocycles. The second-order valence-corrected chi connectivity index (χ2v) is 4.52. The Labute approximate surface area is 108 Å². The van der Waals surface area contributed by atoms with E-state index in [1.54, 1.807) is 0 Å². The van der Waals surface area contributed by atoms with E-state index in [-0.39, 0.29) is 18.4 Å². The fourth-order valence-corrected chi connectivity index (χ4v) is 1.35. The number of amides is 1. The van der Waals surface area contributed by atoms with E-state index in [9.17, 15) is 4.79 Å². The standard InChI is InChI=1S/C14H18N2O2/c1-10(2)13(8-15)16-14(17)9-18-12-6-4-11(3)5-7-12/h4-7,10,13H,9H2,1-3H3,(H,16,17). The van der Waals surface area contributed by atoms with Gasteiger partial charge in [-0.1, -0.05) is 31.5 Å². The number of nitrogens with one attached hydrogen (secondary N) is 1. The number of hydrogen-bond donors (Lipinski definition) is 1. The third-order valence-corrected chi connectivity index (χ3v) is 2.51. The Balaban J connectivity index is 2.42. The van der Waals surface area contributed by atoms with Crippen LogP contribution in [0.2, 0.25) is 0 Å². The SMILES string of the molecule is Cc1ccc(OCC(=O)NC(C#N)C(C)C)cc1. The van der Waals surface area contributed by atoms with Gasteiger partial charge in [0, 0.05) is 0 Å². The molecule has 4 heteroatoms. The predicted octanol–water partition coefficient (Wildman–Crippen LogP) is 2.04. The average molecular weight is 246 g/mol. The van der Waals surface area contributed by atoms with E-state index in [2.05, 4.69) is 11.4 Å². The first-order valence-corrected chi connectivity index (χ1v) is 5.91. The van der Waals surface area contributed by atoms with Crippen molar-refractivity contribution in [2.24, 2.45) is 5.92 Å². The molecule has 1 rings (SSSR count). The monoisotopic (exact) mass is 246 g/mol. The van der Waals surface area contributed by atoms with Crippen molar-refractivity contribution >= 4 is 5.91 Å². The molecule has 0 aliphatic heterocycles. The molecule has 1 unspecified atom stereocenters. The van der Waals surface area contributed by atoms with Gasteiger partial charge in [0.25, 0.3) is 5.91 Å². The van der Waals surface area contributed by atoms with Crippen LogP contribution in [-0.4, -0.2) is 18.6 Å². The molecule has 0 aliphatic rings. The van der Waals surface area contributed by atoms with Crippen LogP contribution in [0.4, 0.5) is 0 Å². The molecule has 4 nitrogen and oxygen atoms in total. The lowest BCUT2D eigenvalue weighted by atomic mass is 10.1. The first kappa shape index (κ1) is 14.0. The van der Waals surface area contributed by atoms with E-state index in [0.29, 0.717) is 5.75 Å². The molecule has 0 radical (unpaired) electrons. The van der Waals surface area contributed by atoms with Gasteiger partial charge >= 0.3 is 0 Å². The molecule has 0 bridgehead atoms. The lowest BCUT2D eigenvalue weighted by molar-refractivity contribution is -0.123. The van der Waals surface area contributed by atoms with E-state index in [0.717, 1.165) is 5.56 Å². The van der Waals surface area contributed by atoms with Crippen LogP contribution in [0.1, 0.15) is 19.4 Å². The van der Waals surface area contributed by atoms with Gasteiger partial charge in [0.15, 0.2) is 6.61 Å². The summed E-state index contributed by atoms with van der Waals surface area (Å²) in [5.41, 5.74) is 1.14.